The van der Waals surface area contributed by atoms with E-state index in [1.165, 1.54) is 17.7 Å². The summed E-state index contributed by atoms with van der Waals surface area (Å²) in [6.45, 7) is 7.04. The van der Waals surface area contributed by atoms with Gasteiger partial charge in [-0.2, -0.15) is 0 Å². The normalized spacial score (nSPS) is 11.9. The predicted octanol–water partition coefficient (Wildman–Crippen LogP) is 4.27. The van der Waals surface area contributed by atoms with E-state index in [1.807, 2.05) is 0 Å². The molecule has 0 atom stereocenters. The zero-order chi connectivity index (χ0) is 19.9. The monoisotopic (exact) mass is 376 g/mol. The number of H-pyrrole nitrogens is 1. The second kappa shape index (κ2) is 6.71. The van der Waals surface area contributed by atoms with Crippen molar-refractivity contribution in [3.05, 3.63) is 82.2 Å². The van der Waals surface area contributed by atoms with E-state index < -0.39 is 0 Å². The van der Waals surface area contributed by atoms with Gasteiger partial charge in [-0.1, -0.05) is 57.2 Å². The molecule has 0 amide bonds. The van der Waals surface area contributed by atoms with Crippen molar-refractivity contribution >= 4 is 11.2 Å². The van der Waals surface area contributed by atoms with Gasteiger partial charge in [0.25, 0.3) is 5.56 Å². The van der Waals surface area contributed by atoms with Crippen LogP contribution in [-0.2, 0) is 12.0 Å². The number of nitrogens with one attached hydrogen (secondary N) is 1. The van der Waals surface area contributed by atoms with Gasteiger partial charge in [0, 0.05) is 12.1 Å². The Kier molecular flexibility index (Phi) is 4.34. The maximum atomic E-state index is 13.5. The van der Waals surface area contributed by atoms with Crippen LogP contribution >= 0.6 is 0 Å². The molecule has 0 unspecified atom stereocenters. The number of aromatic nitrogens is 4. The summed E-state index contributed by atoms with van der Waals surface area (Å²) in [5.74, 6) is -0.0822. The number of halogens is 1. The quantitative estimate of drug-likeness (QED) is 0.581. The molecule has 0 bridgehead atoms. The van der Waals surface area contributed by atoms with Crippen molar-refractivity contribution in [1.82, 2.24) is 19.5 Å². The fourth-order valence-corrected chi connectivity index (χ4v) is 3.19. The highest BCUT2D eigenvalue weighted by Gasteiger charge is 2.15. The van der Waals surface area contributed by atoms with Crippen LogP contribution in [0.15, 0.2) is 59.7 Å². The summed E-state index contributed by atoms with van der Waals surface area (Å²) in [5.41, 5.74) is 3.37. The number of benzene rings is 2. The predicted molar refractivity (Wildman–Crippen MR) is 108 cm³/mol. The smallest absolute Gasteiger partial charge is 0.277 e. The average Bonchev–Trinajstić information content (AvgIpc) is 3.05. The highest BCUT2D eigenvalue weighted by Crippen LogP contribution is 2.23. The molecule has 0 fully saturated rings. The van der Waals surface area contributed by atoms with E-state index in [-0.39, 0.29) is 16.8 Å². The molecule has 2 aromatic carbocycles. The SMILES string of the molecule is CC(C)(C)c1ccc(Cn2cnc3nc(-c4cccc(F)c4)[nH]c(=O)c32)cc1. The zero-order valence-electron chi connectivity index (χ0n) is 16.0. The fraction of sp³-hybridized carbons (Fsp3) is 0.227. The number of aromatic amines is 1. The van der Waals surface area contributed by atoms with Crippen LogP contribution in [0.4, 0.5) is 4.39 Å². The highest BCUT2D eigenvalue weighted by atomic mass is 19.1. The summed E-state index contributed by atoms with van der Waals surface area (Å²) in [7, 11) is 0. The Morgan fingerprint density at radius 1 is 1.11 bits per heavy atom. The minimum atomic E-state index is -0.385. The van der Waals surface area contributed by atoms with E-state index >= 15 is 0 Å². The standard InChI is InChI=1S/C22H21FN4O/c1-22(2,3)16-9-7-14(8-10-16)12-27-13-24-20-18(27)21(28)26-19(25-20)15-5-4-6-17(23)11-15/h4-11,13H,12H2,1-3H3,(H,25,26,28). The summed E-state index contributed by atoms with van der Waals surface area (Å²) < 4.78 is 15.3. The second-order valence-electron chi connectivity index (χ2n) is 7.92. The lowest BCUT2D eigenvalue weighted by atomic mass is 9.87. The molecule has 0 radical (unpaired) electrons. The average molecular weight is 376 g/mol. The molecule has 0 aliphatic heterocycles. The maximum Gasteiger partial charge on any atom is 0.277 e. The van der Waals surface area contributed by atoms with E-state index in [1.54, 1.807) is 23.0 Å². The van der Waals surface area contributed by atoms with Gasteiger partial charge in [-0.3, -0.25) is 4.79 Å². The molecule has 4 rings (SSSR count). The zero-order valence-corrected chi connectivity index (χ0v) is 16.0. The van der Waals surface area contributed by atoms with Gasteiger partial charge < -0.3 is 9.55 Å². The molecule has 5 nitrogen and oxygen atoms in total. The van der Waals surface area contributed by atoms with Gasteiger partial charge in [0.1, 0.15) is 11.6 Å². The molecule has 0 saturated heterocycles. The Labute approximate surface area is 161 Å². The highest BCUT2D eigenvalue weighted by molar-refractivity contribution is 5.72. The molecule has 0 saturated carbocycles. The first-order chi connectivity index (χ1) is 13.3. The van der Waals surface area contributed by atoms with Crippen LogP contribution in [0.5, 0.6) is 0 Å². The van der Waals surface area contributed by atoms with Gasteiger partial charge in [-0.05, 0) is 28.7 Å². The van der Waals surface area contributed by atoms with E-state index in [2.05, 4.69) is 60.0 Å². The Morgan fingerprint density at radius 2 is 1.86 bits per heavy atom. The molecule has 2 heterocycles. The fourth-order valence-electron chi connectivity index (χ4n) is 3.19. The Hall–Kier alpha value is -3.28. The molecule has 2 aromatic heterocycles. The van der Waals surface area contributed by atoms with Gasteiger partial charge in [-0.25, -0.2) is 14.4 Å². The second-order valence-corrected chi connectivity index (χ2v) is 7.92. The van der Waals surface area contributed by atoms with E-state index in [0.29, 0.717) is 29.1 Å². The summed E-state index contributed by atoms with van der Waals surface area (Å²) in [5, 5.41) is 0. The Bertz CT molecular complexity index is 1200. The van der Waals surface area contributed by atoms with Crippen molar-refractivity contribution in [1.29, 1.82) is 0 Å². The third-order valence-electron chi connectivity index (χ3n) is 4.75. The van der Waals surface area contributed by atoms with Gasteiger partial charge in [0.15, 0.2) is 11.2 Å². The first-order valence-electron chi connectivity index (χ1n) is 9.12. The molecule has 1 N–H and O–H groups in total. The van der Waals surface area contributed by atoms with Crippen LogP contribution in [0.1, 0.15) is 31.9 Å². The molecule has 4 aromatic rings. The van der Waals surface area contributed by atoms with Crippen molar-refractivity contribution in [2.24, 2.45) is 0 Å². The number of nitrogens with zero attached hydrogens (tertiary/aromatic N) is 3. The van der Waals surface area contributed by atoms with E-state index in [4.69, 9.17) is 0 Å². The van der Waals surface area contributed by atoms with Gasteiger partial charge in [-0.15, -0.1) is 0 Å². The van der Waals surface area contributed by atoms with Crippen molar-refractivity contribution in [3.8, 4) is 11.4 Å². The summed E-state index contributed by atoms with van der Waals surface area (Å²) in [4.78, 5) is 24.1. The molecular formula is C22H21FN4O. The van der Waals surface area contributed by atoms with Crippen LogP contribution < -0.4 is 5.56 Å². The minimum Gasteiger partial charge on any atom is -0.320 e. The van der Waals surface area contributed by atoms with Crippen molar-refractivity contribution in [2.45, 2.75) is 32.7 Å². The van der Waals surface area contributed by atoms with Crippen molar-refractivity contribution < 1.29 is 4.39 Å². The molecule has 0 aliphatic carbocycles. The lowest BCUT2D eigenvalue weighted by Gasteiger charge is -2.19. The first-order valence-corrected chi connectivity index (χ1v) is 9.12. The first kappa shape index (κ1) is 18.1. The maximum absolute atomic E-state index is 13.5. The molecule has 0 aliphatic rings. The van der Waals surface area contributed by atoms with Crippen LogP contribution in [0.2, 0.25) is 0 Å². The number of fused-ring (bicyclic) bond motifs is 1. The Balaban J connectivity index is 1.69. The molecule has 142 valence electrons. The third-order valence-corrected chi connectivity index (χ3v) is 4.75. The van der Waals surface area contributed by atoms with Gasteiger partial charge in [0.2, 0.25) is 0 Å². The van der Waals surface area contributed by atoms with Crippen molar-refractivity contribution in [2.75, 3.05) is 0 Å². The lowest BCUT2D eigenvalue weighted by molar-refractivity contribution is 0.590. The molecule has 28 heavy (non-hydrogen) atoms. The lowest BCUT2D eigenvalue weighted by Crippen LogP contribution is -2.14. The van der Waals surface area contributed by atoms with Gasteiger partial charge in [0.05, 0.1) is 6.33 Å². The Morgan fingerprint density at radius 3 is 2.54 bits per heavy atom. The minimum absolute atomic E-state index is 0.0919. The van der Waals surface area contributed by atoms with Crippen LogP contribution in [0.25, 0.3) is 22.6 Å². The topological polar surface area (TPSA) is 63.6 Å². The third kappa shape index (κ3) is 3.45. The number of hydrogen-bond donors (Lipinski definition) is 1. The van der Waals surface area contributed by atoms with Crippen LogP contribution in [-0.4, -0.2) is 19.5 Å². The number of imidazole rings is 1. The van der Waals surface area contributed by atoms with E-state index in [0.717, 1.165) is 5.56 Å². The molecule has 6 heteroatoms. The van der Waals surface area contributed by atoms with Gasteiger partial charge >= 0.3 is 0 Å². The largest absolute Gasteiger partial charge is 0.320 e. The summed E-state index contributed by atoms with van der Waals surface area (Å²) in [6, 6.07) is 14.3. The molecular weight excluding hydrogens is 355 g/mol. The van der Waals surface area contributed by atoms with Crippen LogP contribution in [0.3, 0.4) is 0 Å². The van der Waals surface area contributed by atoms with Crippen LogP contribution in [0, 0.1) is 5.82 Å². The number of hydrogen-bond acceptors (Lipinski definition) is 3. The summed E-state index contributed by atoms with van der Waals surface area (Å²) >= 11 is 0. The molecule has 0 spiro atoms. The number of rotatable bonds is 3. The van der Waals surface area contributed by atoms with Crippen molar-refractivity contribution in [3.63, 3.8) is 0 Å². The van der Waals surface area contributed by atoms with E-state index in [9.17, 15) is 9.18 Å². The summed E-state index contributed by atoms with van der Waals surface area (Å²) in [6.07, 6.45) is 1.61.